The minimum absolute atomic E-state index is 0.0233. The highest BCUT2D eigenvalue weighted by atomic mass is 16.5. The molecule has 4 rings (SSSR count). The van der Waals surface area contributed by atoms with Gasteiger partial charge in [-0.25, -0.2) is 4.98 Å². The average molecular weight is 467 g/mol. The van der Waals surface area contributed by atoms with Gasteiger partial charge in [0.15, 0.2) is 11.4 Å². The third-order valence-electron chi connectivity index (χ3n) is 6.46. The Labute approximate surface area is 201 Å². The quantitative estimate of drug-likeness (QED) is 0.326. The van der Waals surface area contributed by atoms with Crippen LogP contribution in [0.15, 0.2) is 32.7 Å². The van der Waals surface area contributed by atoms with E-state index in [0.717, 1.165) is 41.8 Å². The molecule has 7 heteroatoms. The summed E-state index contributed by atoms with van der Waals surface area (Å²) in [6.45, 7) is 11.1. The maximum absolute atomic E-state index is 12.3. The van der Waals surface area contributed by atoms with E-state index in [4.69, 9.17) is 9.73 Å². The molecule has 0 amide bonds. The highest BCUT2D eigenvalue weighted by molar-refractivity contribution is 5.97. The van der Waals surface area contributed by atoms with Crippen molar-refractivity contribution in [1.82, 2.24) is 14.7 Å². The first-order chi connectivity index (χ1) is 16.4. The number of rotatable bonds is 7. The van der Waals surface area contributed by atoms with Crippen molar-refractivity contribution in [1.29, 1.82) is 0 Å². The van der Waals surface area contributed by atoms with Gasteiger partial charge in [-0.3, -0.25) is 9.36 Å². The lowest BCUT2D eigenvalue weighted by Gasteiger charge is -2.20. The third kappa shape index (κ3) is 5.57. The Kier molecular flexibility index (Phi) is 9.02. The van der Waals surface area contributed by atoms with Crippen LogP contribution in [0.2, 0.25) is 0 Å². The molecule has 34 heavy (non-hydrogen) atoms. The van der Waals surface area contributed by atoms with Crippen LogP contribution in [0.25, 0.3) is 11.0 Å². The van der Waals surface area contributed by atoms with Gasteiger partial charge >= 0.3 is 0 Å². The van der Waals surface area contributed by atoms with Gasteiger partial charge in [0.25, 0.3) is 5.56 Å². The fourth-order valence-electron chi connectivity index (χ4n) is 4.75. The standard InChI is InChI=1S/C15H21NO.C12H17N3O2/c1-4-6-12(7-5-2)15-13-9-8-11(3)10-14(13)17-16-15;1-3-5-9-8(2)13-11-10(14-17)6-4-7-15(11)12(9)16/h8-10,12H,4-7H2,1-3H3;17H,3-7H2,1-2H3/b;14-10-. The molecule has 1 aromatic carbocycles. The van der Waals surface area contributed by atoms with Crippen LogP contribution in [0.1, 0.15) is 100.0 Å². The average Bonchev–Trinajstić information content (AvgIpc) is 3.24. The van der Waals surface area contributed by atoms with Gasteiger partial charge in [0, 0.05) is 29.1 Å². The molecule has 3 heterocycles. The summed E-state index contributed by atoms with van der Waals surface area (Å²) in [6.07, 6.45) is 7.97. The molecule has 0 atom stereocenters. The number of fused-ring (bicyclic) bond motifs is 2. The van der Waals surface area contributed by atoms with Gasteiger partial charge in [0.1, 0.15) is 5.71 Å². The van der Waals surface area contributed by atoms with Crippen LogP contribution in [0, 0.1) is 13.8 Å². The predicted octanol–water partition coefficient (Wildman–Crippen LogP) is 6.30. The lowest BCUT2D eigenvalue weighted by atomic mass is 9.92. The summed E-state index contributed by atoms with van der Waals surface area (Å²) < 4.78 is 7.09. The van der Waals surface area contributed by atoms with Crippen LogP contribution < -0.4 is 5.56 Å². The van der Waals surface area contributed by atoms with E-state index < -0.39 is 0 Å². The molecule has 0 spiro atoms. The molecule has 0 bridgehead atoms. The van der Waals surface area contributed by atoms with E-state index in [0.29, 0.717) is 30.4 Å². The van der Waals surface area contributed by atoms with Gasteiger partial charge in [-0.2, -0.15) is 0 Å². The fraction of sp³-hybridized carbons (Fsp3) is 0.556. The van der Waals surface area contributed by atoms with Crippen molar-refractivity contribution in [2.45, 2.75) is 98.4 Å². The van der Waals surface area contributed by atoms with Crippen molar-refractivity contribution in [2.75, 3.05) is 0 Å². The van der Waals surface area contributed by atoms with Crippen molar-refractivity contribution in [3.63, 3.8) is 0 Å². The van der Waals surface area contributed by atoms with Crippen molar-refractivity contribution < 1.29 is 9.73 Å². The summed E-state index contributed by atoms with van der Waals surface area (Å²) in [5.41, 5.74) is 5.39. The Morgan fingerprint density at radius 1 is 1.15 bits per heavy atom. The number of aromatic nitrogens is 3. The van der Waals surface area contributed by atoms with E-state index in [1.54, 1.807) is 4.57 Å². The van der Waals surface area contributed by atoms with E-state index in [1.165, 1.54) is 36.6 Å². The van der Waals surface area contributed by atoms with E-state index >= 15 is 0 Å². The smallest absolute Gasteiger partial charge is 0.257 e. The molecule has 0 radical (unpaired) electrons. The molecule has 2 aromatic heterocycles. The summed E-state index contributed by atoms with van der Waals surface area (Å²) in [6, 6.07) is 6.35. The van der Waals surface area contributed by atoms with Gasteiger partial charge < -0.3 is 9.73 Å². The number of aryl methyl sites for hydroxylation is 2. The fourth-order valence-corrected chi connectivity index (χ4v) is 4.75. The highest BCUT2D eigenvalue weighted by Crippen LogP contribution is 2.31. The van der Waals surface area contributed by atoms with Crippen molar-refractivity contribution >= 4 is 16.7 Å². The zero-order chi connectivity index (χ0) is 24.7. The van der Waals surface area contributed by atoms with E-state index in [-0.39, 0.29) is 5.56 Å². The zero-order valence-electron chi connectivity index (χ0n) is 21.2. The second kappa shape index (κ2) is 12.0. The SMILES string of the molecule is CCCC(CCC)c1noc2cc(C)ccc12.CCCc1c(C)nc2n(c1=O)CCC/C2=N/O. The molecule has 1 aliphatic rings. The Morgan fingerprint density at radius 3 is 2.53 bits per heavy atom. The Morgan fingerprint density at radius 2 is 1.88 bits per heavy atom. The predicted molar refractivity (Wildman–Crippen MR) is 136 cm³/mol. The number of oxime groups is 1. The van der Waals surface area contributed by atoms with E-state index in [1.807, 2.05) is 13.8 Å². The van der Waals surface area contributed by atoms with Crippen LogP contribution >= 0.6 is 0 Å². The van der Waals surface area contributed by atoms with Gasteiger partial charge in [0.05, 0.1) is 5.69 Å². The molecule has 7 nitrogen and oxygen atoms in total. The van der Waals surface area contributed by atoms with Crippen LogP contribution in [0.5, 0.6) is 0 Å². The van der Waals surface area contributed by atoms with Crippen LogP contribution in [0.3, 0.4) is 0 Å². The van der Waals surface area contributed by atoms with Gasteiger partial charge in [0.2, 0.25) is 0 Å². The zero-order valence-corrected chi connectivity index (χ0v) is 21.2. The maximum Gasteiger partial charge on any atom is 0.257 e. The second-order valence-electron chi connectivity index (χ2n) is 9.20. The van der Waals surface area contributed by atoms with Crippen LogP contribution in [0.4, 0.5) is 0 Å². The Balaban J connectivity index is 0.000000191. The van der Waals surface area contributed by atoms with E-state index in [9.17, 15) is 4.79 Å². The molecule has 0 saturated carbocycles. The number of hydrogen-bond acceptors (Lipinski definition) is 6. The molecule has 1 N–H and O–H groups in total. The molecule has 1 aliphatic heterocycles. The summed E-state index contributed by atoms with van der Waals surface area (Å²) in [4.78, 5) is 16.7. The molecule has 0 unspecified atom stereocenters. The summed E-state index contributed by atoms with van der Waals surface area (Å²) in [7, 11) is 0. The normalized spacial score (nSPS) is 14.4. The van der Waals surface area contributed by atoms with Crippen molar-refractivity contribution in [3.05, 3.63) is 56.9 Å². The lowest BCUT2D eigenvalue weighted by Crippen LogP contribution is -2.34. The monoisotopic (exact) mass is 466 g/mol. The summed E-state index contributed by atoms with van der Waals surface area (Å²) in [5.74, 6) is 1.08. The first-order valence-electron chi connectivity index (χ1n) is 12.6. The van der Waals surface area contributed by atoms with E-state index in [2.05, 4.69) is 54.3 Å². The number of nitrogens with zero attached hydrogens (tertiary/aromatic N) is 4. The Hall–Kier alpha value is -2.96. The van der Waals surface area contributed by atoms with Gasteiger partial charge in [-0.15, -0.1) is 0 Å². The van der Waals surface area contributed by atoms with Crippen LogP contribution in [-0.2, 0) is 13.0 Å². The third-order valence-corrected chi connectivity index (χ3v) is 6.46. The number of benzene rings is 1. The highest BCUT2D eigenvalue weighted by Gasteiger charge is 2.21. The van der Waals surface area contributed by atoms with Gasteiger partial charge in [-0.1, -0.05) is 56.4 Å². The Bertz CT molecular complexity index is 1190. The molecule has 184 valence electrons. The number of hydrogen-bond donors (Lipinski definition) is 1. The maximum atomic E-state index is 12.3. The molecule has 0 saturated heterocycles. The largest absolute Gasteiger partial charge is 0.411 e. The second-order valence-corrected chi connectivity index (χ2v) is 9.20. The summed E-state index contributed by atoms with van der Waals surface area (Å²) in [5, 5.41) is 17.7. The van der Waals surface area contributed by atoms with Crippen molar-refractivity contribution in [2.24, 2.45) is 5.16 Å². The summed E-state index contributed by atoms with van der Waals surface area (Å²) >= 11 is 0. The van der Waals surface area contributed by atoms with Gasteiger partial charge in [-0.05, 0) is 63.6 Å². The first kappa shape index (κ1) is 25.7. The molecule has 0 fully saturated rings. The molecular weight excluding hydrogens is 428 g/mol. The van der Waals surface area contributed by atoms with Crippen molar-refractivity contribution in [3.8, 4) is 0 Å². The molecule has 0 aliphatic carbocycles. The first-order valence-corrected chi connectivity index (χ1v) is 12.6. The minimum atomic E-state index is 0.0233. The van der Waals surface area contributed by atoms with Crippen LogP contribution in [-0.4, -0.2) is 25.6 Å². The minimum Gasteiger partial charge on any atom is -0.411 e. The molecular formula is C27H38N4O3. The topological polar surface area (TPSA) is 93.5 Å². The molecule has 3 aromatic rings. The lowest BCUT2D eigenvalue weighted by molar-refractivity contribution is 0.315.